The number of amides is 2. The van der Waals surface area contributed by atoms with Gasteiger partial charge in [0.1, 0.15) is 7.85 Å². The molecule has 1 heterocycles. The first-order valence-corrected chi connectivity index (χ1v) is 14.2. The van der Waals surface area contributed by atoms with Crippen LogP contribution >= 0.6 is 11.8 Å². The number of nitrogens with two attached hydrogens (primary N) is 2. The number of carbonyl (C=O) groups excluding carboxylic acids is 3. The smallest absolute Gasteiger partial charge is 0.221 e. The van der Waals surface area contributed by atoms with Gasteiger partial charge >= 0.3 is 0 Å². The average molecular weight is 543 g/mol. The summed E-state index contributed by atoms with van der Waals surface area (Å²) < 4.78 is 11.4. The summed E-state index contributed by atoms with van der Waals surface area (Å²) >= 11 is 1.10. The summed E-state index contributed by atoms with van der Waals surface area (Å²) in [5.74, 6) is -1.00. The molecule has 37 heavy (non-hydrogen) atoms. The highest BCUT2D eigenvalue weighted by molar-refractivity contribution is 8.15. The molecule has 0 aromatic carbocycles. The van der Waals surface area contributed by atoms with Crippen molar-refractivity contribution in [2.75, 3.05) is 33.4 Å². The Bertz CT molecular complexity index is 791. The second-order valence-electron chi connectivity index (χ2n) is 12.3. The van der Waals surface area contributed by atoms with E-state index in [0.29, 0.717) is 26.0 Å². The van der Waals surface area contributed by atoms with Crippen molar-refractivity contribution in [3.05, 3.63) is 0 Å². The molecule has 0 saturated carbocycles. The SMILES string of the molecule is BC(CNC(=O)CCC(C)(C)OCCC(C)(C)OC)C(=O)SC(C)(N)C(C)(C)N1CCCC(C(N)=O)C1. The number of ether oxygens (including phenoxy) is 2. The van der Waals surface area contributed by atoms with Gasteiger partial charge in [-0.3, -0.25) is 19.3 Å². The first kappa shape index (κ1) is 33.9. The lowest BCUT2D eigenvalue weighted by molar-refractivity contribution is -0.125. The molecule has 0 bridgehead atoms. The molecule has 1 aliphatic heterocycles. The maximum atomic E-state index is 13.0. The lowest BCUT2D eigenvalue weighted by Crippen LogP contribution is -2.65. The molecule has 0 spiro atoms. The number of piperidine rings is 1. The topological polar surface area (TPSA) is 137 Å². The van der Waals surface area contributed by atoms with Gasteiger partial charge in [0.05, 0.1) is 28.6 Å². The van der Waals surface area contributed by atoms with Gasteiger partial charge in [-0.1, -0.05) is 11.8 Å². The molecule has 3 atom stereocenters. The van der Waals surface area contributed by atoms with Gasteiger partial charge in [0, 0.05) is 38.0 Å². The molecular weight excluding hydrogens is 491 g/mol. The first-order valence-electron chi connectivity index (χ1n) is 13.4. The summed E-state index contributed by atoms with van der Waals surface area (Å²) in [5.41, 5.74) is 11.0. The van der Waals surface area contributed by atoms with E-state index in [1.807, 2.05) is 48.5 Å². The van der Waals surface area contributed by atoms with Crippen LogP contribution in [0.5, 0.6) is 0 Å². The first-order chi connectivity index (χ1) is 16.8. The lowest BCUT2D eigenvalue weighted by atomic mass is 9.87. The number of hydrogen-bond donors (Lipinski definition) is 3. The zero-order chi connectivity index (χ0) is 28.7. The Morgan fingerprint density at radius 2 is 1.73 bits per heavy atom. The number of carbonyl (C=O) groups is 3. The summed E-state index contributed by atoms with van der Waals surface area (Å²) in [6.45, 7) is 16.0. The van der Waals surface area contributed by atoms with Crippen LogP contribution in [0.25, 0.3) is 0 Å². The summed E-state index contributed by atoms with van der Waals surface area (Å²) in [5, 5.41) is 2.80. The Morgan fingerprint density at radius 3 is 2.30 bits per heavy atom. The molecule has 2 amide bonds. The largest absolute Gasteiger partial charge is 0.379 e. The molecule has 1 fully saturated rings. The van der Waals surface area contributed by atoms with Crippen LogP contribution in [0.2, 0.25) is 5.82 Å². The molecule has 1 aliphatic rings. The van der Waals surface area contributed by atoms with Crippen molar-refractivity contribution >= 4 is 36.5 Å². The van der Waals surface area contributed by atoms with Crippen molar-refractivity contribution in [2.45, 2.75) is 108 Å². The molecule has 1 rings (SSSR count). The van der Waals surface area contributed by atoms with Crippen molar-refractivity contribution in [1.82, 2.24) is 10.2 Å². The normalized spacial score (nSPS) is 20.2. The number of nitrogens with one attached hydrogen (secondary N) is 1. The summed E-state index contributed by atoms with van der Waals surface area (Å²) in [7, 11) is 3.48. The van der Waals surface area contributed by atoms with E-state index in [2.05, 4.69) is 10.2 Å². The fourth-order valence-electron chi connectivity index (χ4n) is 4.07. The minimum atomic E-state index is -0.902. The summed E-state index contributed by atoms with van der Waals surface area (Å²) in [6, 6.07) is 0. The van der Waals surface area contributed by atoms with Gasteiger partial charge in [-0.25, -0.2) is 0 Å². The predicted molar refractivity (Wildman–Crippen MR) is 153 cm³/mol. The highest BCUT2D eigenvalue weighted by atomic mass is 32.2. The van der Waals surface area contributed by atoms with Crippen LogP contribution in [-0.2, 0) is 23.9 Å². The van der Waals surface area contributed by atoms with Gasteiger partial charge in [0.25, 0.3) is 0 Å². The van der Waals surface area contributed by atoms with Crippen molar-refractivity contribution in [2.24, 2.45) is 17.4 Å². The molecule has 0 aromatic rings. The van der Waals surface area contributed by atoms with Gasteiger partial charge in [-0.15, -0.1) is 0 Å². The number of primary amides is 1. The molecule has 214 valence electrons. The van der Waals surface area contributed by atoms with E-state index in [1.165, 1.54) is 0 Å². The quantitative estimate of drug-likeness (QED) is 0.211. The molecule has 9 nitrogen and oxygen atoms in total. The highest BCUT2D eigenvalue weighted by Gasteiger charge is 2.46. The molecule has 5 N–H and O–H groups in total. The molecule has 3 unspecified atom stereocenters. The van der Waals surface area contributed by atoms with Crippen molar-refractivity contribution in [3.8, 4) is 0 Å². The van der Waals surface area contributed by atoms with Crippen molar-refractivity contribution < 1.29 is 23.9 Å². The van der Waals surface area contributed by atoms with Crippen LogP contribution in [0.4, 0.5) is 0 Å². The zero-order valence-electron chi connectivity index (χ0n) is 24.6. The van der Waals surface area contributed by atoms with Crippen molar-refractivity contribution in [3.63, 3.8) is 0 Å². The fourth-order valence-corrected chi connectivity index (χ4v) is 5.15. The second kappa shape index (κ2) is 13.8. The van der Waals surface area contributed by atoms with E-state index in [9.17, 15) is 14.4 Å². The summed E-state index contributed by atoms with van der Waals surface area (Å²) in [4.78, 5) is 38.5. The second-order valence-corrected chi connectivity index (χ2v) is 13.8. The van der Waals surface area contributed by atoms with Crippen LogP contribution in [0, 0.1) is 5.92 Å². The fraction of sp³-hybridized carbons (Fsp3) is 0.885. The molecule has 11 heteroatoms. The number of hydrogen-bond acceptors (Lipinski definition) is 8. The van der Waals surface area contributed by atoms with Gasteiger partial charge in [-0.2, -0.15) is 0 Å². The number of nitrogens with zero attached hydrogens (tertiary/aromatic N) is 1. The lowest BCUT2D eigenvalue weighted by Gasteiger charge is -2.50. The Morgan fingerprint density at radius 1 is 1.11 bits per heavy atom. The van der Waals surface area contributed by atoms with Crippen LogP contribution in [0.15, 0.2) is 0 Å². The Hall–Kier alpha value is -1.14. The van der Waals surface area contributed by atoms with Crippen LogP contribution in [0.1, 0.15) is 80.6 Å². The van der Waals surface area contributed by atoms with Crippen LogP contribution in [0.3, 0.4) is 0 Å². The van der Waals surface area contributed by atoms with E-state index in [-0.39, 0.29) is 35.0 Å². The molecule has 0 aromatic heterocycles. The average Bonchev–Trinajstić information content (AvgIpc) is 2.80. The van der Waals surface area contributed by atoms with E-state index in [4.69, 9.17) is 20.9 Å². The third-order valence-corrected chi connectivity index (χ3v) is 9.38. The predicted octanol–water partition coefficient (Wildman–Crippen LogP) is 1.83. The molecule has 1 saturated heterocycles. The maximum absolute atomic E-state index is 13.0. The standard InChI is InChI=1S/C26H51BN4O5S/c1-23(2,35-8)13-15-36-24(3,4)12-11-20(32)30-16-19(27)22(34)37-26(7,29)25(5,6)31-14-9-10-18(17-31)21(28)33/h18-19H,9-17,27,29H2,1-8H3,(H2,28,33)(H,30,32). The minimum absolute atomic E-state index is 0.0775. The zero-order valence-corrected chi connectivity index (χ0v) is 25.4. The molecular formula is C26H51BN4O5S. The number of likely N-dealkylation sites (tertiary alicyclic amines) is 1. The van der Waals surface area contributed by atoms with E-state index in [1.54, 1.807) is 15.0 Å². The Labute approximate surface area is 229 Å². The minimum Gasteiger partial charge on any atom is -0.379 e. The van der Waals surface area contributed by atoms with Crippen molar-refractivity contribution in [1.29, 1.82) is 0 Å². The van der Waals surface area contributed by atoms with E-state index < -0.39 is 21.8 Å². The van der Waals surface area contributed by atoms with Gasteiger partial charge in [-0.05, 0) is 80.7 Å². The van der Waals surface area contributed by atoms with Crippen LogP contribution < -0.4 is 16.8 Å². The highest BCUT2D eigenvalue weighted by Crippen LogP contribution is 2.39. The van der Waals surface area contributed by atoms with Gasteiger partial charge in [0.15, 0.2) is 5.12 Å². The molecule has 0 radical (unpaired) electrons. The molecule has 0 aliphatic carbocycles. The van der Waals surface area contributed by atoms with Gasteiger partial charge < -0.3 is 26.3 Å². The Kier molecular flexibility index (Phi) is 12.6. The number of methoxy groups -OCH3 is 1. The third kappa shape index (κ3) is 10.9. The van der Waals surface area contributed by atoms with E-state index in [0.717, 1.165) is 37.6 Å². The maximum Gasteiger partial charge on any atom is 0.221 e. The number of thioether (sulfide) groups is 1. The number of rotatable bonds is 15. The monoisotopic (exact) mass is 542 g/mol. The third-order valence-electron chi connectivity index (χ3n) is 7.85. The Balaban J connectivity index is 2.53. The van der Waals surface area contributed by atoms with Gasteiger partial charge in [0.2, 0.25) is 11.8 Å². The van der Waals surface area contributed by atoms with Crippen LogP contribution in [-0.4, -0.2) is 84.6 Å². The van der Waals surface area contributed by atoms with E-state index >= 15 is 0 Å². The summed E-state index contributed by atoms with van der Waals surface area (Å²) in [6.07, 6.45) is 3.28.